The van der Waals surface area contributed by atoms with E-state index in [-0.39, 0.29) is 29.6 Å². The largest absolute Gasteiger partial charge is 0.464 e. The van der Waals surface area contributed by atoms with Gasteiger partial charge in [-0.05, 0) is 45.4 Å². The number of piperidine rings is 1. The summed E-state index contributed by atoms with van der Waals surface area (Å²) >= 11 is 0. The van der Waals surface area contributed by atoms with Crippen LogP contribution in [0.1, 0.15) is 64.7 Å². The van der Waals surface area contributed by atoms with Gasteiger partial charge in [0.15, 0.2) is 0 Å². The van der Waals surface area contributed by atoms with Crippen LogP contribution in [0.4, 0.5) is 0 Å². The average molecular weight is 350 g/mol. The lowest BCUT2D eigenvalue weighted by molar-refractivity contribution is -0.156. The summed E-state index contributed by atoms with van der Waals surface area (Å²) in [7, 11) is 0. The molecule has 140 valence electrons. The van der Waals surface area contributed by atoms with E-state index in [2.05, 4.69) is 5.32 Å². The lowest BCUT2D eigenvalue weighted by Gasteiger charge is -2.38. The molecule has 3 rings (SSSR count). The van der Waals surface area contributed by atoms with E-state index in [0.29, 0.717) is 26.0 Å². The molecular formula is C19H30N2O4. The monoisotopic (exact) mass is 350 g/mol. The van der Waals surface area contributed by atoms with Gasteiger partial charge in [0.05, 0.1) is 12.5 Å². The lowest BCUT2D eigenvalue weighted by Crippen LogP contribution is -2.59. The molecule has 1 unspecified atom stereocenters. The van der Waals surface area contributed by atoms with Gasteiger partial charge in [-0.25, -0.2) is 4.79 Å². The molecule has 1 N–H and O–H groups in total. The molecule has 0 spiro atoms. The summed E-state index contributed by atoms with van der Waals surface area (Å²) in [6.45, 7) is 3.35. The molecule has 25 heavy (non-hydrogen) atoms. The quantitative estimate of drug-likeness (QED) is 0.770. The zero-order valence-corrected chi connectivity index (χ0v) is 15.2. The summed E-state index contributed by atoms with van der Waals surface area (Å²) in [5, 5.41) is 3.04. The van der Waals surface area contributed by atoms with Crippen molar-refractivity contribution in [1.82, 2.24) is 10.2 Å². The van der Waals surface area contributed by atoms with Crippen molar-refractivity contribution < 1.29 is 19.1 Å². The molecular weight excluding hydrogens is 320 g/mol. The number of nitrogens with one attached hydrogen (secondary N) is 1. The van der Waals surface area contributed by atoms with Crippen molar-refractivity contribution in [3.05, 3.63) is 0 Å². The Bertz CT molecular complexity index is 524. The molecule has 3 aliphatic rings. The first-order valence-electron chi connectivity index (χ1n) is 9.84. The standard InChI is InChI=1S/C19H30N2O4/c1-2-25-18(24)19(10-4-3-5-11-19)20-16(22)15-7-6-12-21(13-15)17(23)14-8-9-14/h14-15H,2-13H2,1H3,(H,20,22). The number of esters is 1. The van der Waals surface area contributed by atoms with E-state index in [1.165, 1.54) is 0 Å². The van der Waals surface area contributed by atoms with Gasteiger partial charge in [-0.15, -0.1) is 0 Å². The number of likely N-dealkylation sites (tertiary alicyclic amines) is 1. The zero-order valence-electron chi connectivity index (χ0n) is 15.2. The summed E-state index contributed by atoms with van der Waals surface area (Å²) in [6, 6.07) is 0. The van der Waals surface area contributed by atoms with Crippen LogP contribution in [0.5, 0.6) is 0 Å². The second-order valence-corrected chi connectivity index (χ2v) is 7.75. The Morgan fingerprint density at radius 3 is 2.40 bits per heavy atom. The molecule has 2 aliphatic carbocycles. The van der Waals surface area contributed by atoms with Crippen molar-refractivity contribution in [3.8, 4) is 0 Å². The molecule has 2 amide bonds. The molecule has 6 nitrogen and oxygen atoms in total. The highest BCUT2D eigenvalue weighted by Crippen LogP contribution is 2.33. The Morgan fingerprint density at radius 2 is 1.76 bits per heavy atom. The van der Waals surface area contributed by atoms with Crippen molar-refractivity contribution in [2.24, 2.45) is 11.8 Å². The number of hydrogen-bond donors (Lipinski definition) is 1. The molecule has 1 heterocycles. The fraction of sp³-hybridized carbons (Fsp3) is 0.842. The highest BCUT2D eigenvalue weighted by atomic mass is 16.5. The lowest BCUT2D eigenvalue weighted by atomic mass is 9.81. The molecule has 6 heteroatoms. The zero-order chi connectivity index (χ0) is 17.9. The number of rotatable bonds is 5. The molecule has 2 saturated carbocycles. The minimum atomic E-state index is -0.867. The van der Waals surface area contributed by atoms with Crippen LogP contribution in [-0.4, -0.2) is 47.9 Å². The summed E-state index contributed by atoms with van der Waals surface area (Å²) in [6.07, 6.45) is 7.83. The van der Waals surface area contributed by atoms with E-state index in [4.69, 9.17) is 4.74 Å². The van der Waals surface area contributed by atoms with Crippen molar-refractivity contribution in [1.29, 1.82) is 0 Å². The first-order valence-corrected chi connectivity index (χ1v) is 9.84. The molecule has 1 saturated heterocycles. The first-order chi connectivity index (χ1) is 12.1. The predicted octanol–water partition coefficient (Wildman–Crippen LogP) is 2.02. The van der Waals surface area contributed by atoms with Gasteiger partial charge >= 0.3 is 5.97 Å². The molecule has 1 atom stereocenters. The molecule has 1 aliphatic heterocycles. The number of amides is 2. The summed E-state index contributed by atoms with van der Waals surface area (Å²) in [5.74, 6) is -0.223. The van der Waals surface area contributed by atoms with Gasteiger partial charge in [-0.3, -0.25) is 9.59 Å². The fourth-order valence-electron chi connectivity index (χ4n) is 4.12. The van der Waals surface area contributed by atoms with Crippen molar-refractivity contribution in [3.63, 3.8) is 0 Å². The Kier molecular flexibility index (Phi) is 5.64. The number of ether oxygens (including phenoxy) is 1. The predicted molar refractivity (Wildman–Crippen MR) is 92.6 cm³/mol. The van der Waals surface area contributed by atoms with Gasteiger partial charge in [0.1, 0.15) is 5.54 Å². The van der Waals surface area contributed by atoms with Crippen LogP contribution in [0, 0.1) is 11.8 Å². The van der Waals surface area contributed by atoms with Crippen LogP contribution in [0.25, 0.3) is 0 Å². The van der Waals surface area contributed by atoms with E-state index < -0.39 is 5.54 Å². The maximum atomic E-state index is 12.9. The third-order valence-corrected chi connectivity index (χ3v) is 5.77. The smallest absolute Gasteiger partial charge is 0.331 e. The third kappa shape index (κ3) is 4.15. The summed E-state index contributed by atoms with van der Waals surface area (Å²) in [5.41, 5.74) is -0.867. The van der Waals surface area contributed by atoms with Crippen LogP contribution in [0.2, 0.25) is 0 Å². The van der Waals surface area contributed by atoms with E-state index in [0.717, 1.165) is 51.5 Å². The van der Waals surface area contributed by atoms with Crippen LogP contribution in [-0.2, 0) is 19.1 Å². The SMILES string of the molecule is CCOC(=O)C1(NC(=O)C2CCCN(C(=O)C3CC3)C2)CCCCC1. The highest BCUT2D eigenvalue weighted by Gasteiger charge is 2.44. The summed E-state index contributed by atoms with van der Waals surface area (Å²) in [4.78, 5) is 39.5. The Hall–Kier alpha value is -1.59. The van der Waals surface area contributed by atoms with E-state index in [1.807, 2.05) is 4.90 Å². The van der Waals surface area contributed by atoms with Crippen LogP contribution in [0.3, 0.4) is 0 Å². The third-order valence-electron chi connectivity index (χ3n) is 5.77. The molecule has 0 aromatic heterocycles. The maximum absolute atomic E-state index is 12.9. The van der Waals surface area contributed by atoms with Crippen LogP contribution < -0.4 is 5.32 Å². The maximum Gasteiger partial charge on any atom is 0.331 e. The molecule has 0 radical (unpaired) electrons. The van der Waals surface area contributed by atoms with Gasteiger partial charge < -0.3 is 15.0 Å². The Morgan fingerprint density at radius 1 is 1.04 bits per heavy atom. The van der Waals surface area contributed by atoms with E-state index in [9.17, 15) is 14.4 Å². The van der Waals surface area contributed by atoms with Gasteiger partial charge in [0.25, 0.3) is 0 Å². The van der Waals surface area contributed by atoms with Gasteiger partial charge in [0.2, 0.25) is 11.8 Å². The molecule has 0 aromatic carbocycles. The number of carbonyl (C=O) groups is 3. The van der Waals surface area contributed by atoms with Crippen molar-refractivity contribution >= 4 is 17.8 Å². The first kappa shape index (κ1) is 18.2. The minimum absolute atomic E-state index is 0.0942. The average Bonchev–Trinajstić information content (AvgIpc) is 3.47. The minimum Gasteiger partial charge on any atom is -0.464 e. The Balaban J connectivity index is 1.63. The highest BCUT2D eigenvalue weighted by molar-refractivity contribution is 5.90. The topological polar surface area (TPSA) is 75.7 Å². The van der Waals surface area contributed by atoms with Crippen LogP contribution >= 0.6 is 0 Å². The van der Waals surface area contributed by atoms with Crippen LogP contribution in [0.15, 0.2) is 0 Å². The molecule has 0 aromatic rings. The normalized spacial score (nSPS) is 26.0. The Labute approximate surface area is 149 Å². The van der Waals surface area contributed by atoms with Gasteiger partial charge in [-0.1, -0.05) is 19.3 Å². The summed E-state index contributed by atoms with van der Waals surface area (Å²) < 4.78 is 5.25. The second-order valence-electron chi connectivity index (χ2n) is 7.75. The number of nitrogens with zero attached hydrogens (tertiary/aromatic N) is 1. The fourth-order valence-corrected chi connectivity index (χ4v) is 4.12. The number of hydrogen-bond acceptors (Lipinski definition) is 4. The van der Waals surface area contributed by atoms with Crippen molar-refractivity contribution in [2.45, 2.75) is 70.3 Å². The van der Waals surface area contributed by atoms with Gasteiger partial charge in [-0.2, -0.15) is 0 Å². The molecule has 3 fully saturated rings. The van der Waals surface area contributed by atoms with E-state index in [1.54, 1.807) is 6.92 Å². The molecule has 0 bridgehead atoms. The van der Waals surface area contributed by atoms with Crippen molar-refractivity contribution in [2.75, 3.05) is 19.7 Å². The van der Waals surface area contributed by atoms with Gasteiger partial charge in [0, 0.05) is 19.0 Å². The second kappa shape index (κ2) is 7.75. The van der Waals surface area contributed by atoms with E-state index >= 15 is 0 Å². The number of carbonyl (C=O) groups excluding carboxylic acids is 3.